The first kappa shape index (κ1) is 16.5. The van der Waals surface area contributed by atoms with Crippen molar-refractivity contribution in [3.63, 3.8) is 0 Å². The molecular weight excluding hydrogens is 308 g/mol. The lowest BCUT2D eigenvalue weighted by Gasteiger charge is -2.07. The highest BCUT2D eigenvalue weighted by Gasteiger charge is 2.22. The van der Waals surface area contributed by atoms with Crippen molar-refractivity contribution in [3.05, 3.63) is 0 Å². The highest BCUT2D eigenvalue weighted by molar-refractivity contribution is 8.01. The summed E-state index contributed by atoms with van der Waals surface area (Å²) in [6.07, 6.45) is 3.51. The number of thioether (sulfide) groups is 1. The van der Waals surface area contributed by atoms with Gasteiger partial charge in [0, 0.05) is 19.2 Å². The van der Waals surface area contributed by atoms with Gasteiger partial charge in [-0.05, 0) is 33.1 Å². The molecule has 0 bridgehead atoms. The number of amides is 1. The average molecular weight is 330 g/mol. The molecule has 1 aromatic rings. The van der Waals surface area contributed by atoms with Crippen LogP contribution in [0.2, 0.25) is 0 Å². The summed E-state index contributed by atoms with van der Waals surface area (Å²) in [5, 5.41) is 15.2. The summed E-state index contributed by atoms with van der Waals surface area (Å²) in [4.78, 5) is 11.7. The molecule has 1 saturated carbocycles. The number of carbonyl (C=O) groups is 1. The van der Waals surface area contributed by atoms with Crippen molar-refractivity contribution in [2.45, 2.75) is 49.6 Å². The molecule has 2 N–H and O–H groups in total. The molecular formula is C13H22N4O2S2. The second-order valence-corrected chi connectivity index (χ2v) is 7.40. The van der Waals surface area contributed by atoms with Crippen LogP contribution in [0.3, 0.4) is 0 Å². The quantitative estimate of drug-likeness (QED) is 0.506. The Morgan fingerprint density at radius 1 is 1.48 bits per heavy atom. The highest BCUT2D eigenvalue weighted by Crippen LogP contribution is 2.29. The van der Waals surface area contributed by atoms with Crippen LogP contribution in [0.1, 0.15) is 33.1 Å². The molecule has 0 aromatic carbocycles. The third-order valence-electron chi connectivity index (χ3n) is 2.73. The maximum Gasteiger partial charge on any atom is 0.230 e. The van der Waals surface area contributed by atoms with Gasteiger partial charge in [-0.15, -0.1) is 10.2 Å². The summed E-state index contributed by atoms with van der Waals surface area (Å²) in [5.41, 5.74) is 0. The van der Waals surface area contributed by atoms with Crippen molar-refractivity contribution >= 4 is 34.1 Å². The second kappa shape index (κ2) is 8.55. The molecule has 1 aromatic heterocycles. The predicted octanol–water partition coefficient (Wildman–Crippen LogP) is 2.14. The summed E-state index contributed by atoms with van der Waals surface area (Å²) in [6.45, 7) is 5.33. The van der Waals surface area contributed by atoms with E-state index in [2.05, 4.69) is 20.8 Å². The van der Waals surface area contributed by atoms with E-state index in [9.17, 15) is 4.79 Å². The first-order valence-corrected chi connectivity index (χ1v) is 9.05. The summed E-state index contributed by atoms with van der Waals surface area (Å²) in [6, 6.07) is 0.576. The molecule has 21 heavy (non-hydrogen) atoms. The molecule has 0 aliphatic heterocycles. The van der Waals surface area contributed by atoms with Gasteiger partial charge in [0.05, 0.1) is 11.9 Å². The molecule has 8 heteroatoms. The summed E-state index contributed by atoms with van der Waals surface area (Å²) >= 11 is 2.94. The van der Waals surface area contributed by atoms with Crippen molar-refractivity contribution in [1.82, 2.24) is 15.5 Å². The number of hydrogen-bond donors (Lipinski definition) is 2. The maximum atomic E-state index is 11.7. The number of ether oxygens (including phenoxy) is 1. The summed E-state index contributed by atoms with van der Waals surface area (Å²) in [7, 11) is 0. The van der Waals surface area contributed by atoms with Gasteiger partial charge >= 0.3 is 0 Å². The molecule has 1 aliphatic rings. The number of nitrogens with zero attached hydrogens (tertiary/aromatic N) is 2. The van der Waals surface area contributed by atoms with Gasteiger partial charge in [-0.25, -0.2) is 0 Å². The number of aromatic nitrogens is 2. The van der Waals surface area contributed by atoms with Gasteiger partial charge in [-0.2, -0.15) is 0 Å². The monoisotopic (exact) mass is 330 g/mol. The lowest BCUT2D eigenvalue weighted by molar-refractivity contribution is -0.118. The van der Waals surface area contributed by atoms with E-state index in [1.54, 1.807) is 0 Å². The fourth-order valence-electron chi connectivity index (χ4n) is 1.53. The zero-order valence-electron chi connectivity index (χ0n) is 12.4. The molecule has 0 spiro atoms. The van der Waals surface area contributed by atoms with Gasteiger partial charge in [0.1, 0.15) is 0 Å². The van der Waals surface area contributed by atoms with Gasteiger partial charge in [0.2, 0.25) is 11.0 Å². The molecule has 0 unspecified atom stereocenters. The van der Waals surface area contributed by atoms with Gasteiger partial charge in [-0.1, -0.05) is 23.1 Å². The largest absolute Gasteiger partial charge is 0.379 e. The predicted molar refractivity (Wildman–Crippen MR) is 86.0 cm³/mol. The number of carbonyl (C=O) groups excluding carboxylic acids is 1. The van der Waals surface area contributed by atoms with Crippen molar-refractivity contribution in [3.8, 4) is 0 Å². The molecule has 0 atom stereocenters. The molecule has 0 radical (unpaired) electrons. The van der Waals surface area contributed by atoms with E-state index in [0.717, 1.165) is 15.9 Å². The lowest BCUT2D eigenvalue weighted by atomic mass is 10.4. The average Bonchev–Trinajstić information content (AvgIpc) is 3.13. The maximum absolute atomic E-state index is 11.7. The van der Waals surface area contributed by atoms with Crippen LogP contribution < -0.4 is 10.6 Å². The molecule has 1 heterocycles. The van der Waals surface area contributed by atoms with Crippen LogP contribution in [0, 0.1) is 0 Å². The molecule has 1 amide bonds. The van der Waals surface area contributed by atoms with Crippen molar-refractivity contribution in [1.29, 1.82) is 0 Å². The van der Waals surface area contributed by atoms with Crippen LogP contribution in [0.15, 0.2) is 4.34 Å². The van der Waals surface area contributed by atoms with Crippen LogP contribution in [-0.4, -0.2) is 47.2 Å². The Morgan fingerprint density at radius 2 is 2.29 bits per heavy atom. The van der Waals surface area contributed by atoms with Crippen molar-refractivity contribution in [2.24, 2.45) is 0 Å². The standard InChI is InChI=1S/C13H22N4O2S2/c1-9(2)19-7-3-6-14-11(18)8-20-13-17-16-12(21-13)15-10-4-5-10/h9-10H,3-8H2,1-2H3,(H,14,18)(H,15,16). The number of hydrogen-bond acceptors (Lipinski definition) is 7. The molecule has 2 rings (SSSR count). The van der Waals surface area contributed by atoms with Gasteiger partial charge in [0.25, 0.3) is 0 Å². The Balaban J connectivity index is 1.54. The fraction of sp³-hybridized carbons (Fsp3) is 0.769. The minimum atomic E-state index is 0.0245. The molecule has 1 aliphatic carbocycles. The Labute approximate surface area is 133 Å². The first-order chi connectivity index (χ1) is 10.1. The highest BCUT2D eigenvalue weighted by atomic mass is 32.2. The number of anilines is 1. The normalized spacial score (nSPS) is 14.4. The summed E-state index contributed by atoms with van der Waals surface area (Å²) < 4.78 is 6.24. The molecule has 0 saturated heterocycles. The zero-order valence-corrected chi connectivity index (χ0v) is 14.1. The smallest absolute Gasteiger partial charge is 0.230 e. The lowest BCUT2D eigenvalue weighted by Crippen LogP contribution is -2.27. The Morgan fingerprint density at radius 3 is 3.00 bits per heavy atom. The van der Waals surface area contributed by atoms with Crippen LogP contribution in [0.4, 0.5) is 5.13 Å². The van der Waals surface area contributed by atoms with E-state index in [-0.39, 0.29) is 12.0 Å². The topological polar surface area (TPSA) is 76.1 Å². The fourth-order valence-corrected chi connectivity index (χ4v) is 3.18. The molecule has 118 valence electrons. The SMILES string of the molecule is CC(C)OCCCNC(=O)CSc1nnc(NC2CC2)s1. The number of nitrogens with one attached hydrogen (secondary N) is 2. The van der Waals surface area contributed by atoms with Crippen LogP contribution in [0.25, 0.3) is 0 Å². The Bertz CT molecular complexity index is 449. The molecule has 6 nitrogen and oxygen atoms in total. The Hall–Kier alpha value is -0.860. The van der Waals surface area contributed by atoms with Crippen molar-refractivity contribution < 1.29 is 9.53 Å². The third-order valence-corrected chi connectivity index (χ3v) is 4.72. The van der Waals surface area contributed by atoms with Crippen molar-refractivity contribution in [2.75, 3.05) is 24.2 Å². The summed E-state index contributed by atoms with van der Waals surface area (Å²) in [5.74, 6) is 0.403. The van der Waals surface area contributed by atoms with E-state index in [1.165, 1.54) is 35.9 Å². The number of rotatable bonds is 10. The van der Waals surface area contributed by atoms with Gasteiger partial charge < -0.3 is 15.4 Å². The minimum absolute atomic E-state index is 0.0245. The van der Waals surface area contributed by atoms with Gasteiger partial charge in [-0.3, -0.25) is 4.79 Å². The zero-order chi connectivity index (χ0) is 15.1. The van der Waals surface area contributed by atoms with E-state index in [4.69, 9.17) is 4.74 Å². The third kappa shape index (κ3) is 7.10. The van der Waals surface area contributed by atoms with Crippen LogP contribution in [-0.2, 0) is 9.53 Å². The van der Waals surface area contributed by atoms with E-state index < -0.39 is 0 Å². The molecule has 1 fully saturated rings. The van der Waals surface area contributed by atoms with E-state index in [1.807, 2.05) is 13.8 Å². The van der Waals surface area contributed by atoms with E-state index in [0.29, 0.717) is 24.9 Å². The van der Waals surface area contributed by atoms with E-state index >= 15 is 0 Å². The first-order valence-electron chi connectivity index (χ1n) is 7.24. The van der Waals surface area contributed by atoms with Crippen LogP contribution >= 0.6 is 23.1 Å². The van der Waals surface area contributed by atoms with Crippen LogP contribution in [0.5, 0.6) is 0 Å². The Kier molecular flexibility index (Phi) is 6.72. The minimum Gasteiger partial charge on any atom is -0.379 e. The van der Waals surface area contributed by atoms with Gasteiger partial charge in [0.15, 0.2) is 4.34 Å². The second-order valence-electron chi connectivity index (χ2n) is 5.20.